The Morgan fingerprint density at radius 1 is 1.36 bits per heavy atom. The van der Waals surface area contributed by atoms with Crippen LogP contribution in [0.2, 0.25) is 0 Å². The number of hydroxylamine groups is 1. The molecule has 1 atom stereocenters. The van der Waals surface area contributed by atoms with Crippen LogP contribution in [0.4, 0.5) is 0 Å². The zero-order valence-electron chi connectivity index (χ0n) is 16.1. The Kier molecular flexibility index (Phi) is 6.26. The number of nitrogens with zero attached hydrogens (tertiary/aromatic N) is 1. The number of carbonyl (C=O) groups is 1. The number of hydrogen-bond acceptors (Lipinski definition) is 5. The van der Waals surface area contributed by atoms with E-state index < -0.39 is 20.5 Å². The van der Waals surface area contributed by atoms with Crippen molar-refractivity contribution in [3.8, 4) is 0 Å². The van der Waals surface area contributed by atoms with Gasteiger partial charge < -0.3 is 4.57 Å². The smallest absolute Gasteiger partial charge is 0.264 e. The number of carbonyl (C=O) groups excluding carboxylic acids is 1. The minimum absolute atomic E-state index is 0.00289. The molecule has 0 saturated carbocycles. The van der Waals surface area contributed by atoms with Crippen molar-refractivity contribution in [3.05, 3.63) is 65.1 Å². The van der Waals surface area contributed by atoms with Crippen LogP contribution in [0.15, 0.2) is 54.0 Å². The van der Waals surface area contributed by atoms with Gasteiger partial charge in [0, 0.05) is 24.4 Å². The van der Waals surface area contributed by atoms with E-state index in [1.165, 1.54) is 17.0 Å². The molecule has 1 amide bonds. The van der Waals surface area contributed by atoms with Gasteiger partial charge in [-0.3, -0.25) is 14.8 Å². The van der Waals surface area contributed by atoms with E-state index in [1.807, 2.05) is 25.1 Å². The molecule has 1 aromatic heterocycles. The molecule has 7 nitrogen and oxygen atoms in total. The average molecular weight is 404 g/mol. The molecule has 2 N–H and O–H groups in total. The Morgan fingerprint density at radius 2 is 2.04 bits per heavy atom. The number of aryl methyl sites for hydroxylation is 1. The van der Waals surface area contributed by atoms with Gasteiger partial charge in [-0.15, -0.1) is 0 Å². The predicted octanol–water partition coefficient (Wildman–Crippen LogP) is 2.29. The molecule has 150 valence electrons. The van der Waals surface area contributed by atoms with Gasteiger partial charge in [0.25, 0.3) is 11.5 Å². The highest BCUT2D eigenvalue weighted by atomic mass is 32.2. The molecule has 2 aromatic rings. The van der Waals surface area contributed by atoms with Gasteiger partial charge in [0.15, 0.2) is 14.6 Å². The van der Waals surface area contributed by atoms with Gasteiger partial charge in [-0.1, -0.05) is 24.8 Å². The number of amides is 1. The molecule has 0 aliphatic carbocycles. The average Bonchev–Trinajstić information content (AvgIpc) is 2.65. The Balaban J connectivity index is 2.41. The van der Waals surface area contributed by atoms with Crippen LogP contribution in [-0.2, 0) is 21.2 Å². The van der Waals surface area contributed by atoms with Gasteiger partial charge >= 0.3 is 0 Å². The fraction of sp³-hybridized carbons (Fsp3) is 0.300. The molecule has 0 bridgehead atoms. The second-order valence-corrected chi connectivity index (χ2v) is 9.34. The minimum Gasteiger partial charge on any atom is -0.315 e. The lowest BCUT2D eigenvalue weighted by Crippen LogP contribution is -2.49. The van der Waals surface area contributed by atoms with E-state index in [2.05, 4.69) is 6.58 Å². The van der Waals surface area contributed by atoms with Crippen LogP contribution in [0.3, 0.4) is 0 Å². The van der Waals surface area contributed by atoms with E-state index in [9.17, 15) is 18.0 Å². The lowest BCUT2D eigenvalue weighted by molar-refractivity contribution is -0.131. The van der Waals surface area contributed by atoms with Crippen LogP contribution in [0, 0.1) is 0 Å². The Hall–Kier alpha value is -2.71. The molecule has 0 aliphatic rings. The van der Waals surface area contributed by atoms with Crippen LogP contribution in [0.1, 0.15) is 25.8 Å². The summed E-state index contributed by atoms with van der Waals surface area (Å²) >= 11 is 0. The highest BCUT2D eigenvalue weighted by molar-refractivity contribution is 7.92. The highest BCUT2D eigenvalue weighted by Gasteiger charge is 2.43. The molecular weight excluding hydrogens is 380 g/mol. The van der Waals surface area contributed by atoms with Gasteiger partial charge in [-0.05, 0) is 55.0 Å². The maximum atomic E-state index is 12.8. The van der Waals surface area contributed by atoms with Crippen molar-refractivity contribution in [1.82, 2.24) is 10.0 Å². The summed E-state index contributed by atoms with van der Waals surface area (Å²) in [4.78, 5) is 24.7. The number of aromatic nitrogens is 1. The largest absolute Gasteiger partial charge is 0.315 e. The number of allylic oxidation sites excluding steroid dienone is 3. The zero-order valence-corrected chi connectivity index (χ0v) is 16.9. The van der Waals surface area contributed by atoms with Crippen molar-refractivity contribution in [1.29, 1.82) is 0 Å². The summed E-state index contributed by atoms with van der Waals surface area (Å²) in [6.45, 7) is 6.85. The van der Waals surface area contributed by atoms with Crippen molar-refractivity contribution < 1.29 is 18.4 Å². The summed E-state index contributed by atoms with van der Waals surface area (Å²) in [5.74, 6) is -1.03. The third-order valence-electron chi connectivity index (χ3n) is 5.03. The molecule has 1 heterocycles. The number of fused-ring (bicyclic) bond motifs is 1. The van der Waals surface area contributed by atoms with Crippen LogP contribution >= 0.6 is 0 Å². The lowest BCUT2D eigenvalue weighted by Gasteiger charge is -2.25. The number of benzene rings is 1. The Morgan fingerprint density at radius 3 is 2.61 bits per heavy atom. The first kappa shape index (κ1) is 21.6. The molecule has 0 saturated heterocycles. The molecule has 0 spiro atoms. The molecule has 0 radical (unpaired) electrons. The first-order valence-electron chi connectivity index (χ1n) is 8.62. The van der Waals surface area contributed by atoms with E-state index in [-0.39, 0.29) is 18.5 Å². The van der Waals surface area contributed by atoms with Crippen LogP contribution < -0.4 is 11.0 Å². The van der Waals surface area contributed by atoms with Crippen molar-refractivity contribution in [2.75, 3.05) is 6.26 Å². The van der Waals surface area contributed by atoms with Gasteiger partial charge in [0.2, 0.25) is 0 Å². The summed E-state index contributed by atoms with van der Waals surface area (Å²) in [7, 11) is -3.82. The number of rotatable bonds is 7. The molecule has 28 heavy (non-hydrogen) atoms. The predicted molar refractivity (Wildman–Crippen MR) is 110 cm³/mol. The molecule has 0 fully saturated rings. The second-order valence-electron chi connectivity index (χ2n) is 6.90. The van der Waals surface area contributed by atoms with Gasteiger partial charge in [-0.25, -0.2) is 13.9 Å². The number of sulfone groups is 1. The zero-order chi connectivity index (χ0) is 21.1. The summed E-state index contributed by atoms with van der Waals surface area (Å²) in [6.07, 6.45) is 5.90. The number of hydrogen-bond donors (Lipinski definition) is 2. The monoisotopic (exact) mass is 404 g/mol. The van der Waals surface area contributed by atoms with Crippen LogP contribution in [-0.4, -0.2) is 35.1 Å². The number of nitrogens with one attached hydrogen (secondary N) is 1. The molecular formula is C20H24N2O5S. The summed E-state index contributed by atoms with van der Waals surface area (Å²) < 4.78 is 23.6. The summed E-state index contributed by atoms with van der Waals surface area (Å²) in [6, 6.07) is 7.23. The van der Waals surface area contributed by atoms with Crippen LogP contribution in [0.5, 0.6) is 0 Å². The fourth-order valence-corrected chi connectivity index (χ4v) is 3.75. The van der Waals surface area contributed by atoms with Crippen molar-refractivity contribution in [3.63, 3.8) is 0 Å². The van der Waals surface area contributed by atoms with E-state index >= 15 is 0 Å². The summed E-state index contributed by atoms with van der Waals surface area (Å²) in [5.41, 5.74) is 3.10. The summed E-state index contributed by atoms with van der Waals surface area (Å²) in [5, 5.41) is 10.1. The van der Waals surface area contributed by atoms with E-state index in [4.69, 9.17) is 5.21 Å². The minimum atomic E-state index is -3.82. The van der Waals surface area contributed by atoms with Crippen molar-refractivity contribution >= 4 is 32.1 Å². The SMILES string of the molecule is C=C/C=C(\C)c1ccc2c(=O)n(CC[C@](C)(C(=O)NO)S(C)(=O)=O)ccc2c1. The van der Waals surface area contributed by atoms with Crippen molar-refractivity contribution in [2.45, 2.75) is 31.6 Å². The maximum Gasteiger partial charge on any atom is 0.264 e. The molecule has 1 aromatic carbocycles. The molecule has 0 aliphatic heterocycles. The van der Waals surface area contributed by atoms with Gasteiger partial charge in [0.05, 0.1) is 0 Å². The lowest BCUT2D eigenvalue weighted by atomic mass is 10.0. The second kappa shape index (κ2) is 8.12. The van der Waals surface area contributed by atoms with Gasteiger partial charge in [-0.2, -0.15) is 0 Å². The van der Waals surface area contributed by atoms with Crippen molar-refractivity contribution in [2.24, 2.45) is 0 Å². The Labute approximate surface area is 163 Å². The first-order valence-corrected chi connectivity index (χ1v) is 10.5. The normalized spacial score (nSPS) is 14.5. The first-order chi connectivity index (χ1) is 13.0. The molecule has 0 unspecified atom stereocenters. The number of pyridine rings is 1. The van der Waals surface area contributed by atoms with E-state index in [0.717, 1.165) is 22.8 Å². The highest BCUT2D eigenvalue weighted by Crippen LogP contribution is 2.23. The third kappa shape index (κ3) is 4.07. The molecule has 8 heteroatoms. The fourth-order valence-electron chi connectivity index (χ4n) is 2.90. The maximum absolute atomic E-state index is 12.8. The van der Waals surface area contributed by atoms with E-state index in [1.54, 1.807) is 24.4 Å². The molecule has 2 rings (SSSR count). The van der Waals surface area contributed by atoms with Gasteiger partial charge in [0.1, 0.15) is 0 Å². The Bertz CT molecular complexity index is 1120. The standard InChI is InChI=1S/C20H24N2O5S/c1-5-6-14(2)15-7-8-17-16(13-15)9-11-22(18(17)23)12-10-20(3,19(24)21-25)28(4,26)27/h5-9,11,13,25H,1,10,12H2,2-4H3,(H,21,24)/b14-6+/t20-/m1/s1. The van der Waals surface area contributed by atoms with E-state index in [0.29, 0.717) is 5.39 Å². The topological polar surface area (TPSA) is 105 Å². The third-order valence-corrected chi connectivity index (χ3v) is 7.06. The van der Waals surface area contributed by atoms with Crippen LogP contribution in [0.25, 0.3) is 16.3 Å². The quantitative estimate of drug-likeness (QED) is 0.418.